The molecule has 2 heterocycles. The van der Waals surface area contributed by atoms with Gasteiger partial charge in [-0.3, -0.25) is 14.6 Å². The summed E-state index contributed by atoms with van der Waals surface area (Å²) in [6.45, 7) is 4.24. The largest absolute Gasteiger partial charge is 0.480 e. The van der Waals surface area contributed by atoms with Crippen molar-refractivity contribution >= 4 is 5.97 Å². The van der Waals surface area contributed by atoms with Crippen LogP contribution in [0.25, 0.3) is 0 Å². The molecule has 1 aliphatic rings. The number of piperazine rings is 1. The third-order valence-electron chi connectivity index (χ3n) is 4.17. The molecule has 0 radical (unpaired) electrons. The van der Waals surface area contributed by atoms with Crippen molar-refractivity contribution in [1.29, 1.82) is 0 Å². The number of aromatic nitrogens is 1. The van der Waals surface area contributed by atoms with Gasteiger partial charge in [-0.05, 0) is 17.7 Å². The van der Waals surface area contributed by atoms with Gasteiger partial charge >= 0.3 is 5.97 Å². The number of benzene rings is 1. The summed E-state index contributed by atoms with van der Waals surface area (Å²) in [6, 6.07) is 13.5. The number of carbonyl (C=O) groups is 1. The van der Waals surface area contributed by atoms with Gasteiger partial charge in [0.05, 0.1) is 0 Å². The van der Waals surface area contributed by atoms with E-state index in [4.69, 9.17) is 0 Å². The van der Waals surface area contributed by atoms with Crippen molar-refractivity contribution in [3.63, 3.8) is 0 Å². The van der Waals surface area contributed by atoms with Gasteiger partial charge in [-0.1, -0.05) is 30.3 Å². The van der Waals surface area contributed by atoms with E-state index in [1.807, 2.05) is 23.1 Å². The maximum atomic E-state index is 11.6. The molecule has 1 fully saturated rings. The van der Waals surface area contributed by atoms with Crippen LogP contribution in [0.4, 0.5) is 0 Å². The Bertz CT molecular complexity index is 590. The van der Waals surface area contributed by atoms with Gasteiger partial charge < -0.3 is 10.1 Å². The second kappa shape index (κ2) is 6.77. The monoisotopic (exact) mass is 299 g/mol. The number of carboxylic acids is 1. The number of hydrogen-bond donors (Lipinski definition) is 2. The molecule has 0 aliphatic carbocycles. The van der Waals surface area contributed by atoms with Crippen molar-refractivity contribution < 1.29 is 9.90 Å². The lowest BCUT2D eigenvalue weighted by Crippen LogP contribution is -2.48. The Labute approximate surface area is 130 Å². The van der Waals surface area contributed by atoms with Crippen molar-refractivity contribution in [3.05, 3.63) is 59.9 Å². The van der Waals surface area contributed by atoms with E-state index in [2.05, 4.69) is 34.1 Å². The number of hydrogen-bond acceptors (Lipinski definition) is 3. The summed E-state index contributed by atoms with van der Waals surface area (Å²) in [7, 11) is 0. The molecule has 1 atom stereocenters. The summed E-state index contributed by atoms with van der Waals surface area (Å²) in [5, 5.41) is 9.52. The van der Waals surface area contributed by atoms with Crippen LogP contribution in [-0.2, 0) is 11.3 Å². The standard InChI is InChI=1S/C17H21N3O2/c21-17(22)16(15-7-4-8-18-15)20-11-9-19(10-12-20)13-14-5-2-1-3-6-14/h1-8,16,18H,9-13H2,(H,21,22). The summed E-state index contributed by atoms with van der Waals surface area (Å²) in [5.74, 6) is -0.793. The minimum absolute atomic E-state index is 0.575. The number of nitrogens with one attached hydrogen (secondary N) is 1. The van der Waals surface area contributed by atoms with Crippen LogP contribution in [0.3, 0.4) is 0 Å². The van der Waals surface area contributed by atoms with Crippen molar-refractivity contribution in [3.8, 4) is 0 Å². The topological polar surface area (TPSA) is 59.6 Å². The first-order valence-corrected chi connectivity index (χ1v) is 7.60. The first kappa shape index (κ1) is 14.8. The van der Waals surface area contributed by atoms with Crippen molar-refractivity contribution in [2.45, 2.75) is 12.6 Å². The van der Waals surface area contributed by atoms with E-state index in [-0.39, 0.29) is 0 Å². The molecule has 1 aromatic carbocycles. The first-order valence-electron chi connectivity index (χ1n) is 7.60. The normalized spacial score (nSPS) is 18.2. The molecule has 0 saturated carbocycles. The zero-order chi connectivity index (χ0) is 15.4. The molecule has 5 nitrogen and oxygen atoms in total. The van der Waals surface area contributed by atoms with Gasteiger partial charge in [0, 0.05) is 44.6 Å². The molecule has 1 aliphatic heterocycles. The molecule has 116 valence electrons. The van der Waals surface area contributed by atoms with E-state index in [0.29, 0.717) is 0 Å². The molecule has 0 bridgehead atoms. The van der Waals surface area contributed by atoms with Crippen LogP contribution in [0.15, 0.2) is 48.7 Å². The van der Waals surface area contributed by atoms with E-state index in [0.717, 1.165) is 38.4 Å². The average molecular weight is 299 g/mol. The molecule has 2 N–H and O–H groups in total. The fraction of sp³-hybridized carbons (Fsp3) is 0.353. The molecule has 0 spiro atoms. The second-order valence-electron chi connectivity index (χ2n) is 5.66. The van der Waals surface area contributed by atoms with Crippen LogP contribution in [0.1, 0.15) is 17.3 Å². The second-order valence-corrected chi connectivity index (χ2v) is 5.66. The zero-order valence-electron chi connectivity index (χ0n) is 12.5. The molecule has 1 saturated heterocycles. The van der Waals surface area contributed by atoms with Gasteiger partial charge in [0.25, 0.3) is 0 Å². The number of rotatable bonds is 5. The maximum Gasteiger partial charge on any atom is 0.327 e. The molecule has 3 rings (SSSR count). The third-order valence-corrected chi connectivity index (χ3v) is 4.17. The SMILES string of the molecule is O=C(O)C(c1ccc[nH]1)N1CCN(Cc2ccccc2)CC1. The van der Waals surface area contributed by atoms with Gasteiger partial charge in [-0.15, -0.1) is 0 Å². The van der Waals surface area contributed by atoms with Gasteiger partial charge in [-0.25, -0.2) is 0 Å². The quantitative estimate of drug-likeness (QED) is 0.886. The van der Waals surface area contributed by atoms with E-state index < -0.39 is 12.0 Å². The summed E-state index contributed by atoms with van der Waals surface area (Å²) < 4.78 is 0. The molecular weight excluding hydrogens is 278 g/mol. The van der Waals surface area contributed by atoms with Crippen molar-refractivity contribution in [1.82, 2.24) is 14.8 Å². The highest BCUT2D eigenvalue weighted by Crippen LogP contribution is 2.21. The minimum atomic E-state index is -0.793. The lowest BCUT2D eigenvalue weighted by molar-refractivity contribution is -0.144. The number of H-pyrrole nitrogens is 1. The van der Waals surface area contributed by atoms with Gasteiger partial charge in [0.2, 0.25) is 0 Å². The predicted molar refractivity (Wildman–Crippen MR) is 84.5 cm³/mol. The van der Waals surface area contributed by atoms with Crippen LogP contribution in [-0.4, -0.2) is 52.0 Å². The maximum absolute atomic E-state index is 11.6. The summed E-state index contributed by atoms with van der Waals surface area (Å²) >= 11 is 0. The number of carboxylic acid groups (broad SMARTS) is 1. The molecule has 22 heavy (non-hydrogen) atoms. The average Bonchev–Trinajstić information content (AvgIpc) is 3.04. The van der Waals surface area contributed by atoms with E-state index in [9.17, 15) is 9.90 Å². The van der Waals surface area contributed by atoms with Crippen LogP contribution < -0.4 is 0 Å². The highest BCUT2D eigenvalue weighted by Gasteiger charge is 2.30. The minimum Gasteiger partial charge on any atom is -0.480 e. The summed E-state index contributed by atoms with van der Waals surface area (Å²) in [5.41, 5.74) is 2.05. The van der Waals surface area contributed by atoms with Gasteiger partial charge in [0.1, 0.15) is 6.04 Å². The Kier molecular flexibility index (Phi) is 4.56. The smallest absolute Gasteiger partial charge is 0.327 e. The molecule has 2 aromatic rings. The lowest BCUT2D eigenvalue weighted by Gasteiger charge is -2.37. The Balaban J connectivity index is 1.60. The van der Waals surface area contributed by atoms with Crippen LogP contribution in [0, 0.1) is 0 Å². The van der Waals surface area contributed by atoms with Crippen LogP contribution >= 0.6 is 0 Å². The van der Waals surface area contributed by atoms with Crippen molar-refractivity contribution in [2.75, 3.05) is 26.2 Å². The summed E-state index contributed by atoms with van der Waals surface area (Å²) in [4.78, 5) is 19.0. The highest BCUT2D eigenvalue weighted by atomic mass is 16.4. The van der Waals surface area contributed by atoms with E-state index in [1.165, 1.54) is 5.56 Å². The highest BCUT2D eigenvalue weighted by molar-refractivity contribution is 5.75. The number of aliphatic carboxylic acids is 1. The summed E-state index contributed by atoms with van der Waals surface area (Å²) in [6.07, 6.45) is 1.77. The molecule has 1 unspecified atom stereocenters. The Morgan fingerprint density at radius 1 is 1.09 bits per heavy atom. The van der Waals surface area contributed by atoms with Gasteiger partial charge in [-0.2, -0.15) is 0 Å². The zero-order valence-corrected chi connectivity index (χ0v) is 12.5. The van der Waals surface area contributed by atoms with Crippen molar-refractivity contribution in [2.24, 2.45) is 0 Å². The molecular formula is C17H21N3O2. The third kappa shape index (κ3) is 3.37. The lowest BCUT2D eigenvalue weighted by atomic mass is 10.1. The Hall–Kier alpha value is -2.11. The fourth-order valence-corrected chi connectivity index (χ4v) is 3.02. The van der Waals surface area contributed by atoms with Crippen LogP contribution in [0.2, 0.25) is 0 Å². The Morgan fingerprint density at radius 3 is 2.41 bits per heavy atom. The van der Waals surface area contributed by atoms with E-state index >= 15 is 0 Å². The molecule has 1 aromatic heterocycles. The Morgan fingerprint density at radius 2 is 1.82 bits per heavy atom. The predicted octanol–water partition coefficient (Wildman–Crippen LogP) is 1.96. The molecule has 0 amide bonds. The fourth-order valence-electron chi connectivity index (χ4n) is 3.02. The number of aromatic amines is 1. The van der Waals surface area contributed by atoms with Gasteiger partial charge in [0.15, 0.2) is 0 Å². The van der Waals surface area contributed by atoms with Crippen LogP contribution in [0.5, 0.6) is 0 Å². The number of nitrogens with zero attached hydrogens (tertiary/aromatic N) is 2. The van der Waals surface area contributed by atoms with E-state index in [1.54, 1.807) is 6.20 Å². The molecule has 5 heteroatoms. The first-order chi connectivity index (χ1) is 10.7.